The van der Waals surface area contributed by atoms with Gasteiger partial charge < -0.3 is 9.58 Å². The molecule has 92 valence electrons. The minimum absolute atomic E-state index is 0.155. The number of ether oxygens (including phenoxy) is 1. The number of hydrogen-bond acceptors (Lipinski definition) is 2. The molecule has 0 bridgehead atoms. The Morgan fingerprint density at radius 3 is 2.58 bits per heavy atom. The smallest absolute Gasteiger partial charge is 0.241 e. The van der Waals surface area contributed by atoms with Gasteiger partial charge in [-0.05, 0) is 24.3 Å². The molecule has 0 heterocycles. The van der Waals surface area contributed by atoms with Gasteiger partial charge in [0.15, 0.2) is 0 Å². The fourth-order valence-electron chi connectivity index (χ4n) is 1.65. The lowest BCUT2D eigenvalue weighted by molar-refractivity contribution is 0.480. The van der Waals surface area contributed by atoms with Crippen molar-refractivity contribution in [1.29, 1.82) is 5.26 Å². The lowest BCUT2D eigenvalue weighted by Crippen LogP contribution is -1.93. The molecule has 0 aromatic heterocycles. The summed E-state index contributed by atoms with van der Waals surface area (Å²) in [4.78, 5) is 3.30. The molecule has 0 N–H and O–H groups in total. The Hall–Kier alpha value is -2.49. The Labute approximate surface area is 116 Å². The van der Waals surface area contributed by atoms with Crippen molar-refractivity contribution in [1.82, 2.24) is 0 Å². The molecule has 2 rings (SSSR count). The zero-order valence-corrected chi connectivity index (χ0v) is 10.7. The van der Waals surface area contributed by atoms with Crippen LogP contribution < -0.4 is 4.74 Å². The SMILES string of the molecule is [C-]#[N+]Cc1cccc(Oc2ccccc2Cl)c1C#N. The number of nitriles is 1. The van der Waals surface area contributed by atoms with E-state index in [1.165, 1.54) is 0 Å². The number of nitrogens with zero attached hydrogens (tertiary/aromatic N) is 2. The molecule has 0 radical (unpaired) electrons. The first kappa shape index (κ1) is 13.0. The summed E-state index contributed by atoms with van der Waals surface area (Å²) < 4.78 is 5.66. The average Bonchev–Trinajstić information content (AvgIpc) is 2.42. The molecular formula is C15H9ClN2O. The molecule has 2 aromatic rings. The number of para-hydroxylation sites is 1. The van der Waals surface area contributed by atoms with Crippen LogP contribution in [0.1, 0.15) is 11.1 Å². The number of benzene rings is 2. The Balaban J connectivity index is 2.42. The van der Waals surface area contributed by atoms with E-state index in [4.69, 9.17) is 22.9 Å². The van der Waals surface area contributed by atoms with Crippen LogP contribution in [0.25, 0.3) is 4.85 Å². The lowest BCUT2D eigenvalue weighted by Gasteiger charge is -2.09. The van der Waals surface area contributed by atoms with E-state index in [2.05, 4.69) is 10.9 Å². The first-order chi connectivity index (χ1) is 9.26. The summed E-state index contributed by atoms with van der Waals surface area (Å²) in [6, 6.07) is 14.3. The number of halogens is 1. The summed E-state index contributed by atoms with van der Waals surface area (Å²) in [5.74, 6) is 0.900. The Kier molecular flexibility index (Phi) is 4.03. The zero-order chi connectivity index (χ0) is 13.7. The summed E-state index contributed by atoms with van der Waals surface area (Å²) in [5.41, 5.74) is 1.03. The first-order valence-electron chi connectivity index (χ1n) is 5.54. The van der Waals surface area contributed by atoms with Crippen LogP contribution in [0.5, 0.6) is 11.5 Å². The minimum Gasteiger partial charge on any atom is -0.454 e. The maximum absolute atomic E-state index is 9.21. The molecule has 19 heavy (non-hydrogen) atoms. The maximum Gasteiger partial charge on any atom is 0.241 e. The number of hydrogen-bond donors (Lipinski definition) is 0. The van der Waals surface area contributed by atoms with Crippen molar-refractivity contribution in [2.24, 2.45) is 0 Å². The van der Waals surface area contributed by atoms with Crippen LogP contribution in [0.4, 0.5) is 0 Å². The maximum atomic E-state index is 9.21. The summed E-state index contributed by atoms with van der Waals surface area (Å²) in [6.45, 7) is 7.05. The molecule has 0 fully saturated rings. The van der Waals surface area contributed by atoms with Gasteiger partial charge in [-0.1, -0.05) is 29.8 Å². The van der Waals surface area contributed by atoms with Crippen LogP contribution in [0, 0.1) is 17.9 Å². The fourth-order valence-corrected chi connectivity index (χ4v) is 1.83. The van der Waals surface area contributed by atoms with Crippen molar-refractivity contribution in [3.63, 3.8) is 0 Å². The summed E-state index contributed by atoms with van der Waals surface area (Å²) >= 11 is 6.01. The highest BCUT2D eigenvalue weighted by Crippen LogP contribution is 2.32. The van der Waals surface area contributed by atoms with E-state index in [1.54, 1.807) is 42.5 Å². The molecule has 0 aliphatic carbocycles. The Morgan fingerprint density at radius 2 is 1.89 bits per heavy atom. The van der Waals surface area contributed by atoms with E-state index in [0.717, 1.165) is 0 Å². The summed E-state index contributed by atoms with van der Waals surface area (Å²) in [5, 5.41) is 9.68. The molecule has 0 aliphatic heterocycles. The van der Waals surface area contributed by atoms with Crippen LogP contribution in [-0.4, -0.2) is 0 Å². The molecule has 0 saturated heterocycles. The van der Waals surface area contributed by atoms with Crippen LogP contribution >= 0.6 is 11.6 Å². The monoisotopic (exact) mass is 268 g/mol. The minimum atomic E-state index is 0.155. The first-order valence-corrected chi connectivity index (χ1v) is 5.91. The van der Waals surface area contributed by atoms with E-state index in [1.807, 2.05) is 0 Å². The molecule has 0 atom stereocenters. The molecule has 4 heteroatoms. The van der Waals surface area contributed by atoms with Crippen molar-refractivity contribution in [2.45, 2.75) is 6.54 Å². The van der Waals surface area contributed by atoms with Crippen molar-refractivity contribution in [3.05, 3.63) is 70.0 Å². The second kappa shape index (κ2) is 5.91. The molecule has 0 amide bonds. The highest BCUT2D eigenvalue weighted by Gasteiger charge is 2.12. The molecule has 0 saturated carbocycles. The third-order valence-corrected chi connectivity index (χ3v) is 2.84. The molecule has 0 spiro atoms. The van der Waals surface area contributed by atoms with Crippen LogP contribution in [0.15, 0.2) is 42.5 Å². The standard InChI is InChI=1S/C15H9ClN2O/c1-18-10-11-5-4-8-14(12(11)9-17)19-15-7-3-2-6-13(15)16/h2-8H,10H2. The predicted molar refractivity (Wildman–Crippen MR) is 73.0 cm³/mol. The van der Waals surface area contributed by atoms with Gasteiger partial charge in [0.1, 0.15) is 23.1 Å². The second-order valence-electron chi connectivity index (χ2n) is 3.75. The van der Waals surface area contributed by atoms with Gasteiger partial charge in [-0.25, -0.2) is 6.57 Å². The van der Waals surface area contributed by atoms with E-state index in [9.17, 15) is 5.26 Å². The highest BCUT2D eigenvalue weighted by atomic mass is 35.5. The second-order valence-corrected chi connectivity index (χ2v) is 4.16. The molecule has 0 unspecified atom stereocenters. The van der Waals surface area contributed by atoms with Gasteiger partial charge in [0.2, 0.25) is 6.54 Å². The van der Waals surface area contributed by atoms with E-state index >= 15 is 0 Å². The van der Waals surface area contributed by atoms with Crippen LogP contribution in [-0.2, 0) is 6.54 Å². The zero-order valence-electron chi connectivity index (χ0n) is 9.93. The van der Waals surface area contributed by atoms with Gasteiger partial charge in [0.05, 0.1) is 10.6 Å². The predicted octanol–water partition coefficient (Wildman–Crippen LogP) is 4.42. The lowest BCUT2D eigenvalue weighted by atomic mass is 10.1. The molecular weight excluding hydrogens is 260 g/mol. The van der Waals surface area contributed by atoms with E-state index < -0.39 is 0 Å². The largest absolute Gasteiger partial charge is 0.454 e. The normalized spacial score (nSPS) is 9.42. The Morgan fingerprint density at radius 1 is 1.16 bits per heavy atom. The average molecular weight is 269 g/mol. The van der Waals surface area contributed by atoms with Gasteiger partial charge in [-0.2, -0.15) is 5.26 Å². The van der Waals surface area contributed by atoms with Crippen LogP contribution in [0.2, 0.25) is 5.02 Å². The highest BCUT2D eigenvalue weighted by molar-refractivity contribution is 6.32. The fraction of sp³-hybridized carbons (Fsp3) is 0.0667. The quantitative estimate of drug-likeness (QED) is 0.773. The van der Waals surface area contributed by atoms with Gasteiger partial charge in [0.25, 0.3) is 0 Å². The van der Waals surface area contributed by atoms with Crippen molar-refractivity contribution in [3.8, 4) is 17.6 Å². The van der Waals surface area contributed by atoms with Crippen molar-refractivity contribution >= 4 is 11.6 Å². The van der Waals surface area contributed by atoms with Gasteiger partial charge in [0, 0.05) is 0 Å². The van der Waals surface area contributed by atoms with Gasteiger partial charge in [-0.3, -0.25) is 0 Å². The topological polar surface area (TPSA) is 37.4 Å². The van der Waals surface area contributed by atoms with Crippen molar-refractivity contribution < 1.29 is 4.74 Å². The molecule has 2 aromatic carbocycles. The van der Waals surface area contributed by atoms with Gasteiger partial charge >= 0.3 is 0 Å². The van der Waals surface area contributed by atoms with E-state index in [-0.39, 0.29) is 6.54 Å². The molecule has 0 aliphatic rings. The van der Waals surface area contributed by atoms with Crippen LogP contribution in [0.3, 0.4) is 0 Å². The molecule has 3 nitrogen and oxygen atoms in total. The van der Waals surface area contributed by atoms with Crippen molar-refractivity contribution in [2.75, 3.05) is 0 Å². The number of rotatable bonds is 3. The third-order valence-electron chi connectivity index (χ3n) is 2.53. The summed E-state index contributed by atoms with van der Waals surface area (Å²) in [6.07, 6.45) is 0. The third kappa shape index (κ3) is 2.85. The van der Waals surface area contributed by atoms with Gasteiger partial charge in [-0.15, -0.1) is 0 Å². The Bertz CT molecular complexity index is 683. The van der Waals surface area contributed by atoms with E-state index in [0.29, 0.717) is 27.6 Å². The summed E-state index contributed by atoms with van der Waals surface area (Å²) in [7, 11) is 0.